The number of amides is 2. The van der Waals surface area contributed by atoms with E-state index in [1.807, 2.05) is 30.3 Å². The summed E-state index contributed by atoms with van der Waals surface area (Å²) in [7, 11) is 1.22. The smallest absolute Gasteiger partial charge is 0.336 e. The summed E-state index contributed by atoms with van der Waals surface area (Å²) < 4.78 is 18.1. The van der Waals surface area contributed by atoms with Crippen LogP contribution in [0.25, 0.3) is 0 Å². The first-order chi connectivity index (χ1) is 13.9. The van der Waals surface area contributed by atoms with Crippen molar-refractivity contribution in [1.82, 2.24) is 5.32 Å². The number of nitrogens with zero attached hydrogens (tertiary/aromatic N) is 1. The van der Waals surface area contributed by atoms with Gasteiger partial charge in [0, 0.05) is 24.4 Å². The fourth-order valence-corrected chi connectivity index (χ4v) is 3.39. The summed E-state index contributed by atoms with van der Waals surface area (Å²) in [4.78, 5) is 39.4. The number of allylic oxidation sites excluding steroid dienone is 1. The van der Waals surface area contributed by atoms with E-state index in [0.717, 1.165) is 5.56 Å². The fourth-order valence-electron chi connectivity index (χ4n) is 3.39. The number of anilines is 1. The highest BCUT2D eigenvalue weighted by atomic mass is 19.1. The Kier molecular flexibility index (Phi) is 6.07. The third-order valence-electron chi connectivity index (χ3n) is 4.82. The van der Waals surface area contributed by atoms with Gasteiger partial charge in [-0.25, -0.2) is 9.18 Å². The van der Waals surface area contributed by atoms with Crippen molar-refractivity contribution in [3.05, 3.63) is 77.2 Å². The zero-order valence-electron chi connectivity index (χ0n) is 16.1. The third-order valence-corrected chi connectivity index (χ3v) is 4.82. The molecule has 1 atom stereocenters. The average Bonchev–Trinajstić information content (AvgIpc) is 2.73. The van der Waals surface area contributed by atoms with Crippen molar-refractivity contribution in [3.8, 4) is 0 Å². The van der Waals surface area contributed by atoms with Crippen LogP contribution in [0.2, 0.25) is 0 Å². The Morgan fingerprint density at radius 1 is 1.14 bits per heavy atom. The maximum atomic E-state index is 13.3. The average molecular weight is 396 g/mol. The van der Waals surface area contributed by atoms with Crippen LogP contribution in [0.15, 0.2) is 65.9 Å². The molecule has 0 bridgehead atoms. The number of carbonyl (C=O) groups excluding carboxylic acids is 3. The maximum absolute atomic E-state index is 13.3. The Bertz CT molecular complexity index is 955. The topological polar surface area (TPSA) is 75.7 Å². The number of nitrogens with one attached hydrogen (secondary N) is 1. The molecule has 0 saturated heterocycles. The van der Waals surface area contributed by atoms with Gasteiger partial charge in [0.05, 0.1) is 18.6 Å². The number of halogens is 1. The second kappa shape index (κ2) is 8.68. The van der Waals surface area contributed by atoms with Crippen LogP contribution in [0.1, 0.15) is 18.9 Å². The van der Waals surface area contributed by atoms with Gasteiger partial charge in [0.15, 0.2) is 0 Å². The molecule has 150 valence electrons. The van der Waals surface area contributed by atoms with Crippen LogP contribution in [0.3, 0.4) is 0 Å². The molecule has 2 aromatic rings. The summed E-state index contributed by atoms with van der Waals surface area (Å²) in [5, 5.41) is 2.78. The zero-order valence-corrected chi connectivity index (χ0v) is 16.1. The second-order valence-electron chi connectivity index (χ2n) is 6.66. The third kappa shape index (κ3) is 4.34. The van der Waals surface area contributed by atoms with Crippen molar-refractivity contribution >= 4 is 23.5 Å². The molecule has 2 amide bonds. The van der Waals surface area contributed by atoms with E-state index in [-0.39, 0.29) is 24.4 Å². The Morgan fingerprint density at radius 2 is 1.79 bits per heavy atom. The second-order valence-corrected chi connectivity index (χ2v) is 6.66. The molecule has 2 aromatic carbocycles. The number of methoxy groups -OCH3 is 1. The summed E-state index contributed by atoms with van der Waals surface area (Å²) in [5.74, 6) is -2.87. The van der Waals surface area contributed by atoms with Gasteiger partial charge < -0.3 is 10.1 Å². The standard InChI is InChI=1S/C22H21FN2O4/c1-14-20(22(28)29-2)18(21(27)24-13-15-6-4-3-5-7-15)12-19(26)25(14)17-10-8-16(23)9-11-17/h3-11,18H,12-13H2,1-2H3,(H,24,27). The molecule has 0 radical (unpaired) electrons. The van der Waals surface area contributed by atoms with Crippen molar-refractivity contribution < 1.29 is 23.5 Å². The molecule has 1 unspecified atom stereocenters. The van der Waals surface area contributed by atoms with Gasteiger partial charge in [-0.2, -0.15) is 0 Å². The Morgan fingerprint density at radius 3 is 2.41 bits per heavy atom. The highest BCUT2D eigenvalue weighted by molar-refractivity contribution is 6.08. The molecule has 6 nitrogen and oxygen atoms in total. The first-order valence-electron chi connectivity index (χ1n) is 9.11. The lowest BCUT2D eigenvalue weighted by atomic mass is 9.88. The van der Waals surface area contributed by atoms with E-state index >= 15 is 0 Å². The number of ether oxygens (including phenoxy) is 1. The lowest BCUT2D eigenvalue weighted by molar-refractivity contribution is -0.139. The number of hydrogen-bond donors (Lipinski definition) is 1. The van der Waals surface area contributed by atoms with Gasteiger partial charge >= 0.3 is 5.97 Å². The first-order valence-corrected chi connectivity index (χ1v) is 9.11. The number of esters is 1. The van der Waals surface area contributed by atoms with Crippen LogP contribution in [0, 0.1) is 11.7 Å². The molecule has 0 spiro atoms. The van der Waals surface area contributed by atoms with Crippen molar-refractivity contribution in [2.45, 2.75) is 19.9 Å². The Labute approximate surface area is 168 Å². The summed E-state index contributed by atoms with van der Waals surface area (Å²) in [6.07, 6.45) is -0.195. The number of rotatable bonds is 5. The lowest BCUT2D eigenvalue weighted by Crippen LogP contribution is -2.44. The van der Waals surface area contributed by atoms with Gasteiger partial charge in [0.25, 0.3) is 0 Å². The van der Waals surface area contributed by atoms with E-state index in [9.17, 15) is 18.8 Å². The Balaban J connectivity index is 1.91. The molecule has 1 aliphatic heterocycles. The van der Waals surface area contributed by atoms with E-state index in [1.165, 1.54) is 36.3 Å². The summed E-state index contributed by atoms with van der Waals surface area (Å²) >= 11 is 0. The van der Waals surface area contributed by atoms with Crippen LogP contribution in [0.5, 0.6) is 0 Å². The van der Waals surface area contributed by atoms with Crippen LogP contribution >= 0.6 is 0 Å². The van der Waals surface area contributed by atoms with E-state index in [0.29, 0.717) is 11.4 Å². The molecule has 0 aliphatic carbocycles. The molecular weight excluding hydrogens is 375 g/mol. The SMILES string of the molecule is COC(=O)C1=C(C)N(c2ccc(F)cc2)C(=O)CC1C(=O)NCc1ccccc1. The fraction of sp³-hybridized carbons (Fsp3) is 0.227. The molecule has 7 heteroatoms. The summed E-state index contributed by atoms with van der Waals surface area (Å²) in [5.41, 5.74) is 1.72. The van der Waals surface area contributed by atoms with E-state index in [2.05, 4.69) is 5.32 Å². The maximum Gasteiger partial charge on any atom is 0.336 e. The quantitative estimate of drug-likeness (QED) is 0.789. The van der Waals surface area contributed by atoms with Gasteiger partial charge in [-0.1, -0.05) is 30.3 Å². The van der Waals surface area contributed by atoms with Crippen LogP contribution in [-0.2, 0) is 25.7 Å². The minimum Gasteiger partial charge on any atom is -0.466 e. The highest BCUT2D eigenvalue weighted by Gasteiger charge is 2.40. The molecule has 3 rings (SSSR count). The predicted octanol–water partition coefficient (Wildman–Crippen LogP) is 2.94. The van der Waals surface area contributed by atoms with Gasteiger partial charge in [-0.15, -0.1) is 0 Å². The van der Waals surface area contributed by atoms with E-state index in [4.69, 9.17) is 4.74 Å². The molecule has 1 aliphatic rings. The van der Waals surface area contributed by atoms with Gasteiger partial charge in [-0.05, 0) is 36.8 Å². The number of benzene rings is 2. The molecule has 0 fully saturated rings. The summed E-state index contributed by atoms with van der Waals surface area (Å²) in [6.45, 7) is 1.85. The van der Waals surface area contributed by atoms with Crippen molar-refractivity contribution in [2.75, 3.05) is 12.0 Å². The Hall–Kier alpha value is -3.48. The van der Waals surface area contributed by atoms with Crippen molar-refractivity contribution in [3.63, 3.8) is 0 Å². The zero-order chi connectivity index (χ0) is 21.0. The first kappa shape index (κ1) is 20.3. The number of hydrogen-bond acceptors (Lipinski definition) is 4. The van der Waals surface area contributed by atoms with Gasteiger partial charge in [0.2, 0.25) is 11.8 Å². The van der Waals surface area contributed by atoms with Gasteiger partial charge in [0.1, 0.15) is 5.82 Å². The van der Waals surface area contributed by atoms with Crippen LogP contribution in [-0.4, -0.2) is 24.9 Å². The molecule has 0 aromatic heterocycles. The largest absolute Gasteiger partial charge is 0.466 e. The van der Waals surface area contributed by atoms with Gasteiger partial charge in [-0.3, -0.25) is 14.5 Å². The highest BCUT2D eigenvalue weighted by Crippen LogP contribution is 2.33. The van der Waals surface area contributed by atoms with E-state index in [1.54, 1.807) is 6.92 Å². The molecule has 29 heavy (non-hydrogen) atoms. The minimum absolute atomic E-state index is 0.113. The molecule has 1 N–H and O–H groups in total. The van der Waals surface area contributed by atoms with Crippen LogP contribution in [0.4, 0.5) is 10.1 Å². The molecule has 0 saturated carbocycles. The van der Waals surface area contributed by atoms with Crippen molar-refractivity contribution in [1.29, 1.82) is 0 Å². The van der Waals surface area contributed by atoms with Crippen LogP contribution < -0.4 is 10.2 Å². The van der Waals surface area contributed by atoms with Crippen molar-refractivity contribution in [2.24, 2.45) is 5.92 Å². The monoisotopic (exact) mass is 396 g/mol. The number of carbonyl (C=O) groups is 3. The predicted molar refractivity (Wildman–Crippen MR) is 105 cm³/mol. The summed E-state index contributed by atoms with van der Waals surface area (Å²) in [6, 6.07) is 14.7. The minimum atomic E-state index is -0.963. The molecule has 1 heterocycles. The molecular formula is C22H21FN2O4. The normalized spacial score (nSPS) is 16.6. The van der Waals surface area contributed by atoms with E-state index < -0.39 is 23.6 Å². The lowest BCUT2D eigenvalue weighted by Gasteiger charge is -2.33.